The van der Waals surface area contributed by atoms with Crippen LogP contribution in [0.15, 0.2) is 29.2 Å². The summed E-state index contributed by atoms with van der Waals surface area (Å²) in [6.07, 6.45) is 0.391. The monoisotopic (exact) mass is 381 g/mol. The molecule has 2 aliphatic rings. The second-order valence-corrected chi connectivity index (χ2v) is 9.79. The fraction of sp³-hybridized carbons (Fsp3) is 0.556. The van der Waals surface area contributed by atoms with E-state index in [0.29, 0.717) is 31.7 Å². The number of hydrogen-bond donors (Lipinski definition) is 1. The van der Waals surface area contributed by atoms with E-state index >= 15 is 0 Å². The highest BCUT2D eigenvalue weighted by molar-refractivity contribution is 7.92. The van der Waals surface area contributed by atoms with E-state index in [-0.39, 0.29) is 23.3 Å². The molecule has 8 heteroatoms. The van der Waals surface area contributed by atoms with Crippen molar-refractivity contribution in [3.63, 3.8) is 0 Å². The Morgan fingerprint density at radius 2 is 1.92 bits per heavy atom. The van der Waals surface area contributed by atoms with Gasteiger partial charge in [0.2, 0.25) is 0 Å². The van der Waals surface area contributed by atoms with Gasteiger partial charge >= 0.3 is 5.97 Å². The number of ether oxygens (including phenoxy) is 1. The van der Waals surface area contributed by atoms with Crippen LogP contribution in [0.4, 0.5) is 0 Å². The van der Waals surface area contributed by atoms with Gasteiger partial charge in [-0.15, -0.1) is 0 Å². The van der Waals surface area contributed by atoms with Crippen LogP contribution in [-0.4, -0.2) is 61.9 Å². The molecule has 2 saturated heterocycles. The minimum Gasteiger partial charge on any atom is -0.481 e. The molecule has 1 N–H and O–H groups in total. The molecule has 0 saturated carbocycles. The van der Waals surface area contributed by atoms with Crippen LogP contribution in [0, 0.1) is 11.3 Å². The molecular weight excluding hydrogens is 358 g/mol. The number of carbonyl (C=O) groups excluding carboxylic acids is 1. The van der Waals surface area contributed by atoms with E-state index in [1.165, 1.54) is 24.3 Å². The van der Waals surface area contributed by atoms with E-state index in [4.69, 9.17) is 4.74 Å². The average Bonchev–Trinajstić information content (AvgIpc) is 3.02. The highest BCUT2D eigenvalue weighted by Crippen LogP contribution is 2.42. The molecule has 26 heavy (non-hydrogen) atoms. The van der Waals surface area contributed by atoms with Gasteiger partial charge in [0, 0.05) is 31.2 Å². The highest BCUT2D eigenvalue weighted by Gasteiger charge is 2.54. The molecule has 0 aliphatic carbocycles. The van der Waals surface area contributed by atoms with Gasteiger partial charge in [-0.05, 0) is 44.5 Å². The molecule has 0 unspecified atom stereocenters. The number of amides is 1. The first-order valence-corrected chi connectivity index (χ1v) is 10.2. The number of carboxylic acids is 1. The van der Waals surface area contributed by atoms with E-state index < -0.39 is 26.5 Å². The number of sulfone groups is 1. The molecule has 0 spiro atoms. The Labute approximate surface area is 152 Å². The molecule has 0 aromatic heterocycles. The molecule has 2 aliphatic heterocycles. The predicted molar refractivity (Wildman–Crippen MR) is 93.7 cm³/mol. The molecule has 1 aromatic carbocycles. The molecule has 1 aromatic rings. The smallest absolute Gasteiger partial charge is 0.311 e. The zero-order valence-corrected chi connectivity index (χ0v) is 15.7. The van der Waals surface area contributed by atoms with Gasteiger partial charge in [0.05, 0.1) is 22.2 Å². The summed E-state index contributed by atoms with van der Waals surface area (Å²) < 4.78 is 29.8. The largest absolute Gasteiger partial charge is 0.481 e. The summed E-state index contributed by atoms with van der Waals surface area (Å²) in [5, 5.41) is 9.15. The van der Waals surface area contributed by atoms with Crippen molar-refractivity contribution in [3.05, 3.63) is 29.8 Å². The SMILES string of the molecule is CC(C)S(=O)(=O)c1ccc(C(=O)N2C[C@H]3COCC[C@@]3(C(=O)O)C2)cc1. The number of benzene rings is 1. The lowest BCUT2D eigenvalue weighted by atomic mass is 9.74. The molecule has 142 valence electrons. The van der Waals surface area contributed by atoms with Gasteiger partial charge in [0.1, 0.15) is 0 Å². The molecule has 2 fully saturated rings. The van der Waals surface area contributed by atoms with Crippen molar-refractivity contribution in [1.82, 2.24) is 4.90 Å². The number of aliphatic carboxylic acids is 1. The van der Waals surface area contributed by atoms with Crippen LogP contribution >= 0.6 is 0 Å². The first kappa shape index (κ1) is 18.8. The van der Waals surface area contributed by atoms with Gasteiger partial charge in [-0.1, -0.05) is 0 Å². The van der Waals surface area contributed by atoms with Crippen molar-refractivity contribution < 1.29 is 27.9 Å². The lowest BCUT2D eigenvalue weighted by Gasteiger charge is -2.33. The Kier molecular flexibility index (Phi) is 4.83. The van der Waals surface area contributed by atoms with Crippen molar-refractivity contribution >= 4 is 21.7 Å². The van der Waals surface area contributed by atoms with E-state index in [1.807, 2.05) is 0 Å². The van der Waals surface area contributed by atoms with Crippen LogP contribution in [0.3, 0.4) is 0 Å². The fourth-order valence-electron chi connectivity index (χ4n) is 3.70. The maximum atomic E-state index is 12.8. The third-order valence-electron chi connectivity index (χ3n) is 5.47. The Bertz CT molecular complexity index is 817. The summed E-state index contributed by atoms with van der Waals surface area (Å²) in [7, 11) is -3.40. The predicted octanol–water partition coefficient (Wildman–Crippen LogP) is 1.43. The molecule has 3 rings (SSSR count). The van der Waals surface area contributed by atoms with Crippen LogP contribution in [0.1, 0.15) is 30.6 Å². The van der Waals surface area contributed by atoms with Crippen LogP contribution in [-0.2, 0) is 19.4 Å². The van der Waals surface area contributed by atoms with Gasteiger partial charge in [0.15, 0.2) is 9.84 Å². The summed E-state index contributed by atoms with van der Waals surface area (Å²) in [6, 6.07) is 5.84. The van der Waals surface area contributed by atoms with Gasteiger partial charge in [-0.3, -0.25) is 9.59 Å². The van der Waals surface area contributed by atoms with Crippen molar-refractivity contribution in [2.75, 3.05) is 26.3 Å². The molecular formula is C18H23NO6S. The first-order valence-electron chi connectivity index (χ1n) is 8.63. The van der Waals surface area contributed by atoms with Gasteiger partial charge in [-0.25, -0.2) is 8.42 Å². The van der Waals surface area contributed by atoms with E-state index in [0.717, 1.165) is 0 Å². The number of nitrogens with zero attached hydrogens (tertiary/aromatic N) is 1. The fourth-order valence-corrected chi connectivity index (χ4v) is 4.76. The molecule has 2 atom stereocenters. The standard InChI is InChI=1S/C18H23NO6S/c1-12(2)26(23,24)15-5-3-13(4-6-15)16(20)19-9-14-10-25-8-7-18(14,11-19)17(21)22/h3-6,12,14H,7-11H2,1-2H3,(H,21,22)/t14-,18+/m0/s1. The van der Waals surface area contributed by atoms with Crippen LogP contribution in [0.5, 0.6) is 0 Å². The molecule has 0 bridgehead atoms. The Morgan fingerprint density at radius 1 is 1.27 bits per heavy atom. The number of hydrogen-bond acceptors (Lipinski definition) is 5. The summed E-state index contributed by atoms with van der Waals surface area (Å²) in [5.74, 6) is -1.40. The number of carbonyl (C=O) groups is 2. The van der Waals surface area contributed by atoms with Gasteiger partial charge in [-0.2, -0.15) is 0 Å². The first-order chi connectivity index (χ1) is 12.2. The third kappa shape index (κ3) is 3.01. The second kappa shape index (κ2) is 6.66. The highest BCUT2D eigenvalue weighted by atomic mass is 32.2. The lowest BCUT2D eigenvalue weighted by molar-refractivity contribution is -0.157. The van der Waals surface area contributed by atoms with Crippen molar-refractivity contribution in [3.8, 4) is 0 Å². The zero-order chi connectivity index (χ0) is 19.1. The van der Waals surface area contributed by atoms with Gasteiger partial charge < -0.3 is 14.7 Å². The molecule has 0 radical (unpaired) electrons. The van der Waals surface area contributed by atoms with Crippen LogP contribution in [0.25, 0.3) is 0 Å². The normalized spacial score (nSPS) is 26.0. The Morgan fingerprint density at radius 3 is 2.46 bits per heavy atom. The quantitative estimate of drug-likeness (QED) is 0.847. The Balaban J connectivity index is 1.81. The summed E-state index contributed by atoms with van der Waals surface area (Å²) in [4.78, 5) is 26.3. The second-order valence-electron chi connectivity index (χ2n) is 7.29. The van der Waals surface area contributed by atoms with Crippen LogP contribution < -0.4 is 0 Å². The van der Waals surface area contributed by atoms with Crippen molar-refractivity contribution in [1.29, 1.82) is 0 Å². The van der Waals surface area contributed by atoms with Crippen molar-refractivity contribution in [2.45, 2.75) is 30.4 Å². The number of carboxylic acid groups (broad SMARTS) is 1. The van der Waals surface area contributed by atoms with Crippen molar-refractivity contribution in [2.24, 2.45) is 11.3 Å². The number of likely N-dealkylation sites (tertiary alicyclic amines) is 1. The zero-order valence-electron chi connectivity index (χ0n) is 14.8. The summed E-state index contributed by atoms with van der Waals surface area (Å²) in [6.45, 7) is 4.41. The van der Waals surface area contributed by atoms with E-state index in [9.17, 15) is 23.1 Å². The average molecular weight is 381 g/mol. The number of rotatable bonds is 4. The summed E-state index contributed by atoms with van der Waals surface area (Å²) >= 11 is 0. The minimum absolute atomic E-state index is 0.154. The topological polar surface area (TPSA) is 101 Å². The maximum Gasteiger partial charge on any atom is 0.311 e. The minimum atomic E-state index is -3.40. The van der Waals surface area contributed by atoms with E-state index in [2.05, 4.69) is 0 Å². The molecule has 7 nitrogen and oxygen atoms in total. The number of fused-ring (bicyclic) bond motifs is 1. The van der Waals surface area contributed by atoms with Crippen LogP contribution in [0.2, 0.25) is 0 Å². The molecule has 1 amide bonds. The summed E-state index contributed by atoms with van der Waals surface area (Å²) in [5.41, 5.74) is -0.595. The third-order valence-corrected chi connectivity index (χ3v) is 7.64. The lowest BCUT2D eigenvalue weighted by Crippen LogP contribution is -2.45. The Hall–Kier alpha value is -1.93. The molecule has 2 heterocycles. The van der Waals surface area contributed by atoms with Gasteiger partial charge in [0.25, 0.3) is 5.91 Å². The maximum absolute atomic E-state index is 12.8. The van der Waals surface area contributed by atoms with E-state index in [1.54, 1.807) is 18.7 Å².